The van der Waals surface area contributed by atoms with E-state index in [2.05, 4.69) is 26.2 Å². The normalized spacial score (nSPS) is 10.9. The molecule has 1 aromatic heterocycles. The molecule has 0 spiro atoms. The first-order valence-corrected chi connectivity index (χ1v) is 7.06. The molecule has 0 amide bonds. The lowest BCUT2D eigenvalue weighted by Gasteiger charge is -2.08. The number of pyridine rings is 1. The van der Waals surface area contributed by atoms with E-state index < -0.39 is 0 Å². The number of aliphatic hydroxyl groups excluding tert-OH is 1. The van der Waals surface area contributed by atoms with E-state index in [4.69, 9.17) is 21.4 Å². The second-order valence-corrected chi connectivity index (χ2v) is 5.24. The third-order valence-electron chi connectivity index (χ3n) is 2.50. The Balaban J connectivity index is 2.05. The summed E-state index contributed by atoms with van der Waals surface area (Å²) in [5, 5.41) is 13.3. The first-order chi connectivity index (χ1) is 9.20. The maximum atomic E-state index is 8.58. The van der Waals surface area contributed by atoms with Gasteiger partial charge in [-0.25, -0.2) is 4.98 Å². The van der Waals surface area contributed by atoms with Crippen LogP contribution in [0.15, 0.2) is 28.7 Å². The summed E-state index contributed by atoms with van der Waals surface area (Å²) in [6, 6.07) is 7.67. The number of anilines is 1. The van der Waals surface area contributed by atoms with E-state index in [1.807, 2.05) is 24.3 Å². The van der Waals surface area contributed by atoms with Crippen molar-refractivity contribution in [2.24, 2.45) is 0 Å². The molecule has 2 aromatic rings. The minimum absolute atomic E-state index is 0.0404. The number of rotatable bonds is 6. The number of hydrogen-bond donors (Lipinski definition) is 2. The summed E-state index contributed by atoms with van der Waals surface area (Å²) in [6.45, 7) is 1.55. The lowest BCUT2D eigenvalue weighted by molar-refractivity contribution is 0.0992. The molecule has 2 rings (SSSR count). The van der Waals surface area contributed by atoms with Crippen LogP contribution in [0.2, 0.25) is 5.02 Å². The molecule has 1 heterocycles. The Morgan fingerprint density at radius 3 is 2.95 bits per heavy atom. The van der Waals surface area contributed by atoms with E-state index in [0.29, 0.717) is 24.8 Å². The van der Waals surface area contributed by atoms with Crippen molar-refractivity contribution in [1.29, 1.82) is 0 Å². The molecular weight excluding hydrogens is 332 g/mol. The molecule has 102 valence electrons. The third-order valence-corrected chi connectivity index (χ3v) is 3.24. The Hall–Kier alpha value is -0.880. The fourth-order valence-corrected chi connectivity index (χ4v) is 2.55. The Morgan fingerprint density at radius 1 is 1.32 bits per heavy atom. The van der Waals surface area contributed by atoms with E-state index >= 15 is 0 Å². The molecule has 6 heteroatoms. The standard InChI is InChI=1S/C13H14BrClN2O2/c14-10-7-9-1-2-12(16-3-5-19-6-4-18)17-13(9)11(15)8-10/h1-2,7-8,18H,3-6H2,(H,16,17). The summed E-state index contributed by atoms with van der Waals surface area (Å²) in [5.74, 6) is 0.754. The molecule has 0 saturated heterocycles. The van der Waals surface area contributed by atoms with Crippen LogP contribution in [-0.2, 0) is 4.74 Å². The number of aromatic nitrogens is 1. The predicted octanol–water partition coefficient (Wildman–Crippen LogP) is 3.07. The van der Waals surface area contributed by atoms with Gasteiger partial charge in [0.05, 0.1) is 30.4 Å². The Labute approximate surface area is 124 Å². The van der Waals surface area contributed by atoms with Crippen LogP contribution >= 0.6 is 27.5 Å². The SMILES string of the molecule is OCCOCCNc1ccc2cc(Br)cc(Cl)c2n1. The minimum atomic E-state index is 0.0404. The number of hydrogen-bond acceptors (Lipinski definition) is 4. The van der Waals surface area contributed by atoms with Crippen LogP contribution in [0.3, 0.4) is 0 Å². The predicted molar refractivity (Wildman–Crippen MR) is 80.8 cm³/mol. The molecule has 19 heavy (non-hydrogen) atoms. The van der Waals surface area contributed by atoms with Crippen LogP contribution in [0.1, 0.15) is 0 Å². The zero-order chi connectivity index (χ0) is 13.7. The van der Waals surface area contributed by atoms with Crippen molar-refractivity contribution in [3.8, 4) is 0 Å². The Kier molecular flexibility index (Phi) is 5.39. The van der Waals surface area contributed by atoms with Crippen molar-refractivity contribution in [3.63, 3.8) is 0 Å². The molecule has 0 atom stereocenters. The summed E-state index contributed by atoms with van der Waals surface area (Å²) in [7, 11) is 0. The van der Waals surface area contributed by atoms with Crippen LogP contribution < -0.4 is 5.32 Å². The summed E-state index contributed by atoms with van der Waals surface area (Å²) in [6.07, 6.45) is 0. The fraction of sp³-hybridized carbons (Fsp3) is 0.308. The van der Waals surface area contributed by atoms with Gasteiger partial charge in [-0.05, 0) is 24.3 Å². The quantitative estimate of drug-likeness (QED) is 0.790. The van der Waals surface area contributed by atoms with Gasteiger partial charge >= 0.3 is 0 Å². The fourth-order valence-electron chi connectivity index (χ4n) is 1.67. The van der Waals surface area contributed by atoms with Crippen molar-refractivity contribution in [2.75, 3.05) is 31.7 Å². The van der Waals surface area contributed by atoms with Gasteiger partial charge in [0.15, 0.2) is 0 Å². The van der Waals surface area contributed by atoms with Gasteiger partial charge < -0.3 is 15.2 Å². The molecule has 0 saturated carbocycles. The molecule has 0 radical (unpaired) electrons. The number of halogens is 2. The number of nitrogens with zero attached hydrogens (tertiary/aromatic N) is 1. The average Bonchev–Trinajstić information content (AvgIpc) is 2.39. The van der Waals surface area contributed by atoms with Gasteiger partial charge in [0.2, 0.25) is 0 Å². The van der Waals surface area contributed by atoms with Crippen molar-refractivity contribution in [3.05, 3.63) is 33.8 Å². The Morgan fingerprint density at radius 2 is 2.16 bits per heavy atom. The first kappa shape index (κ1) is 14.5. The van der Waals surface area contributed by atoms with Crippen LogP contribution in [0.25, 0.3) is 10.9 Å². The smallest absolute Gasteiger partial charge is 0.126 e. The van der Waals surface area contributed by atoms with E-state index in [1.54, 1.807) is 0 Å². The van der Waals surface area contributed by atoms with Crippen molar-refractivity contribution >= 4 is 44.3 Å². The number of fused-ring (bicyclic) bond motifs is 1. The largest absolute Gasteiger partial charge is 0.394 e. The van der Waals surface area contributed by atoms with Crippen LogP contribution in [0.4, 0.5) is 5.82 Å². The van der Waals surface area contributed by atoms with E-state index in [1.165, 1.54) is 0 Å². The van der Waals surface area contributed by atoms with Crippen LogP contribution in [0.5, 0.6) is 0 Å². The van der Waals surface area contributed by atoms with Gasteiger partial charge in [-0.15, -0.1) is 0 Å². The lowest BCUT2D eigenvalue weighted by Crippen LogP contribution is -2.12. The maximum Gasteiger partial charge on any atom is 0.126 e. The molecule has 0 unspecified atom stereocenters. The molecule has 1 aromatic carbocycles. The third kappa shape index (κ3) is 4.04. The van der Waals surface area contributed by atoms with Gasteiger partial charge in [0.25, 0.3) is 0 Å². The molecule has 0 aliphatic carbocycles. The van der Waals surface area contributed by atoms with Crippen molar-refractivity contribution in [1.82, 2.24) is 4.98 Å². The highest BCUT2D eigenvalue weighted by molar-refractivity contribution is 9.10. The Bertz CT molecular complexity index is 566. The van der Waals surface area contributed by atoms with E-state index in [9.17, 15) is 0 Å². The van der Waals surface area contributed by atoms with Crippen molar-refractivity contribution < 1.29 is 9.84 Å². The summed E-state index contributed by atoms with van der Waals surface area (Å²) >= 11 is 9.57. The van der Waals surface area contributed by atoms with Crippen molar-refractivity contribution in [2.45, 2.75) is 0 Å². The molecule has 2 N–H and O–H groups in total. The highest BCUT2D eigenvalue weighted by Gasteiger charge is 2.04. The van der Waals surface area contributed by atoms with Crippen LogP contribution in [-0.4, -0.2) is 36.5 Å². The molecule has 4 nitrogen and oxygen atoms in total. The molecule has 0 bridgehead atoms. The monoisotopic (exact) mass is 344 g/mol. The average molecular weight is 346 g/mol. The number of aliphatic hydroxyl groups is 1. The molecule has 0 aliphatic rings. The lowest BCUT2D eigenvalue weighted by atomic mass is 10.2. The zero-order valence-electron chi connectivity index (χ0n) is 10.2. The summed E-state index contributed by atoms with van der Waals surface area (Å²) < 4.78 is 6.09. The van der Waals surface area contributed by atoms with Gasteiger partial charge in [-0.1, -0.05) is 27.5 Å². The summed E-state index contributed by atoms with van der Waals surface area (Å²) in [4.78, 5) is 4.46. The van der Waals surface area contributed by atoms with Crippen LogP contribution in [0, 0.1) is 0 Å². The first-order valence-electron chi connectivity index (χ1n) is 5.89. The second-order valence-electron chi connectivity index (χ2n) is 3.92. The topological polar surface area (TPSA) is 54.4 Å². The zero-order valence-corrected chi connectivity index (χ0v) is 12.5. The highest BCUT2D eigenvalue weighted by atomic mass is 79.9. The van der Waals surface area contributed by atoms with Gasteiger partial charge in [-0.3, -0.25) is 0 Å². The van der Waals surface area contributed by atoms with E-state index in [0.717, 1.165) is 21.2 Å². The van der Waals surface area contributed by atoms with E-state index in [-0.39, 0.29) is 6.61 Å². The molecule has 0 aliphatic heterocycles. The highest BCUT2D eigenvalue weighted by Crippen LogP contribution is 2.27. The maximum absolute atomic E-state index is 8.58. The second kappa shape index (κ2) is 7.05. The number of ether oxygens (including phenoxy) is 1. The summed E-state index contributed by atoms with van der Waals surface area (Å²) in [5.41, 5.74) is 0.770. The van der Waals surface area contributed by atoms with Gasteiger partial charge in [0.1, 0.15) is 5.82 Å². The molecular formula is C13H14BrClN2O2. The molecule has 0 fully saturated rings. The number of benzene rings is 1. The van der Waals surface area contributed by atoms with Gasteiger partial charge in [-0.2, -0.15) is 0 Å². The minimum Gasteiger partial charge on any atom is -0.394 e. The number of nitrogens with one attached hydrogen (secondary N) is 1. The van der Waals surface area contributed by atoms with Gasteiger partial charge in [0, 0.05) is 16.4 Å².